The minimum absolute atomic E-state index is 0.125. The van der Waals surface area contributed by atoms with E-state index < -0.39 is 10.3 Å². The van der Waals surface area contributed by atoms with Crippen molar-refractivity contribution >= 4 is 21.8 Å². The number of aryl methyl sites for hydroxylation is 1. The Morgan fingerprint density at radius 2 is 2.04 bits per heavy atom. The van der Waals surface area contributed by atoms with E-state index in [0.717, 1.165) is 38.5 Å². The van der Waals surface area contributed by atoms with Crippen molar-refractivity contribution in [1.29, 1.82) is 0 Å². The molecule has 1 heterocycles. The van der Waals surface area contributed by atoms with Crippen LogP contribution < -0.4 is 8.91 Å². The van der Waals surface area contributed by atoms with E-state index in [-0.39, 0.29) is 5.41 Å². The third-order valence-corrected chi connectivity index (χ3v) is 7.84. The van der Waals surface area contributed by atoms with E-state index in [4.69, 9.17) is 4.18 Å². The Morgan fingerprint density at radius 3 is 2.88 bits per heavy atom. The summed E-state index contributed by atoms with van der Waals surface area (Å²) in [5, 5.41) is 0. The molecule has 0 unspecified atom stereocenters. The number of fused-ring (bicyclic) bond motifs is 6. The number of anilines is 1. The minimum atomic E-state index is -3.69. The zero-order valence-electron chi connectivity index (χ0n) is 13.7. The lowest BCUT2D eigenvalue weighted by Crippen LogP contribution is -2.42. The van der Waals surface area contributed by atoms with Crippen LogP contribution in [0.2, 0.25) is 0 Å². The molecule has 6 heteroatoms. The third-order valence-electron chi connectivity index (χ3n) is 6.97. The van der Waals surface area contributed by atoms with Crippen molar-refractivity contribution in [3.05, 3.63) is 23.3 Å². The summed E-state index contributed by atoms with van der Waals surface area (Å²) in [5.41, 5.74) is 2.91. The first-order chi connectivity index (χ1) is 11.4. The highest BCUT2D eigenvalue weighted by molar-refractivity contribution is 7.88. The minimum Gasteiger partial charge on any atom is -0.365 e. The number of carbonyl (C=O) groups is 1. The van der Waals surface area contributed by atoms with Gasteiger partial charge in [0.1, 0.15) is 5.78 Å². The highest BCUT2D eigenvalue weighted by Gasteiger charge is 2.54. The normalized spacial score (nSPS) is 38.4. The molecule has 0 bridgehead atoms. The van der Waals surface area contributed by atoms with Gasteiger partial charge >= 0.3 is 10.3 Å². The quantitative estimate of drug-likeness (QED) is 0.782. The van der Waals surface area contributed by atoms with Crippen LogP contribution >= 0.6 is 0 Å². The molecule has 4 aliphatic rings. The maximum atomic E-state index is 12.4. The molecule has 2 saturated carbocycles. The summed E-state index contributed by atoms with van der Waals surface area (Å²) in [6.07, 6.45) is 5.75. The van der Waals surface area contributed by atoms with Crippen LogP contribution in [-0.4, -0.2) is 14.2 Å². The Bertz CT molecular complexity index is 862. The van der Waals surface area contributed by atoms with Crippen LogP contribution in [-0.2, 0) is 21.5 Å². The Kier molecular flexibility index (Phi) is 2.79. The lowest BCUT2D eigenvalue weighted by molar-refractivity contribution is -0.129. The fourth-order valence-electron chi connectivity index (χ4n) is 5.79. The summed E-state index contributed by atoms with van der Waals surface area (Å²) >= 11 is 0. The standard InChI is InChI=1S/C18H21NO4S/c1-18-7-6-11-12(14(18)4-5-17(18)20)3-2-10-8-16-15(9-13(10)11)19-24(21,22)23-16/h8-9,11-12,14,19H,2-7H2,1H3/t11-,12+,14-,18-/m0/s1. The van der Waals surface area contributed by atoms with E-state index >= 15 is 0 Å². The first kappa shape index (κ1) is 14.8. The van der Waals surface area contributed by atoms with Crippen molar-refractivity contribution in [3.8, 4) is 5.75 Å². The summed E-state index contributed by atoms with van der Waals surface area (Å²) < 4.78 is 30.8. The number of ketones is 1. The SMILES string of the molecule is C[C@]12CC[C@@H]3c4cc5c(cc4CC[C@H]3[C@@H]1CCC2=O)OS(=O)(=O)N5. The fraction of sp³-hybridized carbons (Fsp3) is 0.611. The molecule has 0 spiro atoms. The van der Waals surface area contributed by atoms with Crippen molar-refractivity contribution in [2.24, 2.45) is 17.3 Å². The summed E-state index contributed by atoms with van der Waals surface area (Å²) in [6, 6.07) is 3.87. The molecule has 2 fully saturated rings. The second-order valence-electron chi connectivity index (χ2n) is 8.02. The van der Waals surface area contributed by atoms with Crippen molar-refractivity contribution in [1.82, 2.24) is 0 Å². The highest BCUT2D eigenvalue weighted by Crippen LogP contribution is 2.60. The van der Waals surface area contributed by atoms with Crippen molar-refractivity contribution in [3.63, 3.8) is 0 Å². The van der Waals surface area contributed by atoms with E-state index in [2.05, 4.69) is 11.6 Å². The van der Waals surface area contributed by atoms with Crippen LogP contribution in [0.25, 0.3) is 0 Å². The van der Waals surface area contributed by atoms with Gasteiger partial charge in [0.05, 0.1) is 5.69 Å². The number of carbonyl (C=O) groups excluding carboxylic acids is 1. The number of hydrogen-bond acceptors (Lipinski definition) is 4. The van der Waals surface area contributed by atoms with Gasteiger partial charge in [-0.15, -0.1) is 0 Å². The van der Waals surface area contributed by atoms with Gasteiger partial charge in [0, 0.05) is 11.8 Å². The summed E-state index contributed by atoms with van der Waals surface area (Å²) in [6.45, 7) is 2.17. The topological polar surface area (TPSA) is 72.5 Å². The number of benzene rings is 1. The molecule has 0 aromatic heterocycles. The van der Waals surface area contributed by atoms with Gasteiger partial charge in [0.25, 0.3) is 0 Å². The molecule has 3 aliphatic carbocycles. The van der Waals surface area contributed by atoms with Gasteiger partial charge < -0.3 is 4.18 Å². The van der Waals surface area contributed by atoms with Gasteiger partial charge in [-0.2, -0.15) is 8.42 Å². The van der Waals surface area contributed by atoms with Crippen LogP contribution in [0.4, 0.5) is 5.69 Å². The molecule has 1 aromatic carbocycles. The molecule has 4 atom stereocenters. The number of rotatable bonds is 0. The van der Waals surface area contributed by atoms with Crippen molar-refractivity contribution in [2.75, 3.05) is 4.72 Å². The highest BCUT2D eigenvalue weighted by atomic mass is 32.2. The van der Waals surface area contributed by atoms with E-state index in [1.807, 2.05) is 12.1 Å². The molecule has 0 radical (unpaired) electrons. The average Bonchev–Trinajstić information content (AvgIpc) is 2.99. The molecule has 0 amide bonds. The number of Topliss-reactive ketones (excluding diaryl/α,β-unsaturated/α-hetero) is 1. The fourth-order valence-corrected chi connectivity index (χ4v) is 6.64. The second-order valence-corrected chi connectivity index (χ2v) is 9.30. The third kappa shape index (κ3) is 1.86. The Balaban J connectivity index is 1.55. The predicted octanol–water partition coefficient (Wildman–Crippen LogP) is 3.16. The lowest BCUT2D eigenvalue weighted by Gasteiger charge is -2.48. The van der Waals surface area contributed by atoms with Crippen molar-refractivity contribution < 1.29 is 17.4 Å². The van der Waals surface area contributed by atoms with E-state index in [1.165, 1.54) is 11.1 Å². The van der Waals surface area contributed by atoms with Gasteiger partial charge in [-0.1, -0.05) is 6.92 Å². The van der Waals surface area contributed by atoms with Crippen molar-refractivity contribution in [2.45, 2.75) is 51.4 Å². The maximum absolute atomic E-state index is 12.4. The summed E-state index contributed by atoms with van der Waals surface area (Å²) in [5.74, 6) is 2.33. The molecular formula is C18H21NO4S. The van der Waals surface area contributed by atoms with Crippen LogP contribution in [0, 0.1) is 17.3 Å². The summed E-state index contributed by atoms with van der Waals surface area (Å²) in [4.78, 5) is 12.4. The van der Waals surface area contributed by atoms with Crippen LogP contribution in [0.3, 0.4) is 0 Å². The molecule has 1 N–H and O–H groups in total. The smallest absolute Gasteiger partial charge is 0.365 e. The monoisotopic (exact) mass is 347 g/mol. The summed E-state index contributed by atoms with van der Waals surface area (Å²) in [7, 11) is -3.69. The van der Waals surface area contributed by atoms with Crippen LogP contribution in [0.15, 0.2) is 12.1 Å². The largest absolute Gasteiger partial charge is 0.407 e. The first-order valence-corrected chi connectivity index (χ1v) is 10.2. The van der Waals surface area contributed by atoms with Gasteiger partial charge in [-0.3, -0.25) is 4.79 Å². The van der Waals surface area contributed by atoms with Crippen LogP contribution in [0.5, 0.6) is 5.75 Å². The molecule has 5 rings (SSSR count). The Labute approximate surface area is 142 Å². The lowest BCUT2D eigenvalue weighted by atomic mass is 9.55. The van der Waals surface area contributed by atoms with E-state index in [0.29, 0.717) is 35.0 Å². The zero-order chi connectivity index (χ0) is 16.7. The van der Waals surface area contributed by atoms with Gasteiger partial charge in [0.15, 0.2) is 5.75 Å². The zero-order valence-corrected chi connectivity index (χ0v) is 14.5. The number of nitrogens with one attached hydrogen (secondary N) is 1. The first-order valence-electron chi connectivity index (χ1n) is 8.80. The van der Waals surface area contributed by atoms with E-state index in [9.17, 15) is 13.2 Å². The predicted molar refractivity (Wildman–Crippen MR) is 89.2 cm³/mol. The van der Waals surface area contributed by atoms with Gasteiger partial charge in [-0.25, -0.2) is 4.72 Å². The van der Waals surface area contributed by atoms with Crippen LogP contribution in [0.1, 0.15) is 56.1 Å². The van der Waals surface area contributed by atoms with E-state index in [1.54, 1.807) is 0 Å². The molecule has 0 saturated heterocycles. The molecule has 128 valence electrons. The maximum Gasteiger partial charge on any atom is 0.407 e. The molecule has 5 nitrogen and oxygen atoms in total. The van der Waals surface area contributed by atoms with Gasteiger partial charge in [-0.05, 0) is 73.1 Å². The molecular weight excluding hydrogens is 326 g/mol. The molecule has 24 heavy (non-hydrogen) atoms. The Morgan fingerprint density at radius 1 is 1.21 bits per heavy atom. The Hall–Kier alpha value is -1.56. The van der Waals surface area contributed by atoms with Gasteiger partial charge in [0.2, 0.25) is 0 Å². The molecule has 1 aliphatic heterocycles. The number of hydrogen-bond donors (Lipinski definition) is 1. The second kappa shape index (κ2) is 4.54. The molecule has 1 aromatic rings. The average molecular weight is 347 g/mol.